The third-order valence-corrected chi connectivity index (χ3v) is 3.30. The van der Waals surface area contributed by atoms with E-state index in [1.165, 1.54) is 0 Å². The van der Waals surface area contributed by atoms with Crippen molar-refractivity contribution in [3.05, 3.63) is 30.1 Å². The molecule has 0 unspecified atom stereocenters. The van der Waals surface area contributed by atoms with Crippen molar-refractivity contribution in [2.24, 2.45) is 0 Å². The van der Waals surface area contributed by atoms with Crippen molar-refractivity contribution in [2.45, 2.75) is 6.92 Å². The van der Waals surface area contributed by atoms with Crippen molar-refractivity contribution < 1.29 is 0 Å². The molecule has 0 atom stereocenters. The lowest BCUT2D eigenvalue weighted by Crippen LogP contribution is -2.05. The first-order valence-corrected chi connectivity index (χ1v) is 5.89. The Morgan fingerprint density at radius 3 is 2.86 bits per heavy atom. The van der Waals surface area contributed by atoms with Crippen molar-refractivity contribution in [1.82, 2.24) is 9.55 Å². The van der Waals surface area contributed by atoms with Crippen LogP contribution in [-0.4, -0.2) is 20.1 Å². The molecule has 0 amide bonds. The van der Waals surface area contributed by atoms with Crippen LogP contribution in [0.3, 0.4) is 0 Å². The van der Waals surface area contributed by atoms with Gasteiger partial charge in [-0.15, -0.1) is 0 Å². The molecule has 4 heteroatoms. The second-order valence-corrected chi connectivity index (χ2v) is 4.39. The summed E-state index contributed by atoms with van der Waals surface area (Å²) in [6, 6.07) is 8.03. The average molecular weight is 222 g/mol. The molecule has 2 aromatic rings. The van der Waals surface area contributed by atoms with Gasteiger partial charge >= 0.3 is 0 Å². The summed E-state index contributed by atoms with van der Waals surface area (Å²) in [5, 5.41) is 0. The van der Waals surface area contributed by atoms with Crippen LogP contribution in [0.15, 0.2) is 24.3 Å². The fraction of sp³-hybridized carbons (Fsp3) is 0.200. The second kappa shape index (κ2) is 3.71. The van der Waals surface area contributed by atoms with E-state index in [1.807, 2.05) is 42.0 Å². The summed E-state index contributed by atoms with van der Waals surface area (Å²) >= 11 is 6.84. The molecule has 0 fully saturated rings. The summed E-state index contributed by atoms with van der Waals surface area (Å²) < 4.78 is 2.85. The highest BCUT2D eigenvalue weighted by atomic mass is 32.2. The molecule has 0 N–H and O–H groups in total. The van der Waals surface area contributed by atoms with Gasteiger partial charge in [0.1, 0.15) is 10.1 Å². The molecule has 72 valence electrons. The van der Waals surface area contributed by atoms with E-state index in [0.717, 1.165) is 21.2 Å². The smallest absolute Gasteiger partial charge is 0.146 e. The van der Waals surface area contributed by atoms with Crippen LogP contribution in [0.4, 0.5) is 0 Å². The number of para-hydroxylation sites is 2. The third-order valence-electron chi connectivity index (χ3n) is 2.09. The standard InChI is InChI=1S/C10H10N2S2/c1-7-11-8-5-3-4-6-9(8)12(7)10(13)14-2/h3-6H,1-2H3. The van der Waals surface area contributed by atoms with E-state index in [2.05, 4.69) is 4.98 Å². The van der Waals surface area contributed by atoms with Crippen molar-refractivity contribution in [2.75, 3.05) is 6.26 Å². The Hall–Kier alpha value is -0.870. The number of hydrogen-bond acceptors (Lipinski definition) is 3. The Morgan fingerprint density at radius 2 is 2.14 bits per heavy atom. The minimum absolute atomic E-state index is 0.844. The molecule has 0 aliphatic carbocycles. The van der Waals surface area contributed by atoms with Gasteiger partial charge in [0.15, 0.2) is 0 Å². The first kappa shape index (κ1) is 9.68. The lowest BCUT2D eigenvalue weighted by atomic mass is 10.3. The monoisotopic (exact) mass is 222 g/mol. The van der Waals surface area contributed by atoms with Crippen LogP contribution in [0.2, 0.25) is 0 Å². The van der Waals surface area contributed by atoms with Crippen LogP contribution in [0, 0.1) is 6.92 Å². The number of thioether (sulfide) groups is 1. The minimum atomic E-state index is 0.844. The van der Waals surface area contributed by atoms with Gasteiger partial charge in [-0.3, -0.25) is 4.57 Å². The molecule has 0 spiro atoms. The van der Waals surface area contributed by atoms with Gasteiger partial charge in [0.25, 0.3) is 0 Å². The van der Waals surface area contributed by atoms with Gasteiger partial charge in [-0.2, -0.15) is 0 Å². The van der Waals surface area contributed by atoms with Crippen molar-refractivity contribution in [3.8, 4) is 0 Å². The molecule has 2 rings (SSSR count). The molecular formula is C10H10N2S2. The van der Waals surface area contributed by atoms with Crippen LogP contribution in [0.1, 0.15) is 5.82 Å². The van der Waals surface area contributed by atoms with Gasteiger partial charge in [0, 0.05) is 0 Å². The number of fused-ring (bicyclic) bond motifs is 1. The van der Waals surface area contributed by atoms with Gasteiger partial charge in [-0.1, -0.05) is 36.1 Å². The highest BCUT2D eigenvalue weighted by Gasteiger charge is 2.09. The van der Waals surface area contributed by atoms with E-state index < -0.39 is 0 Å². The average Bonchev–Trinajstić information content (AvgIpc) is 2.53. The van der Waals surface area contributed by atoms with Gasteiger partial charge in [-0.25, -0.2) is 4.98 Å². The maximum atomic E-state index is 5.28. The van der Waals surface area contributed by atoms with E-state index >= 15 is 0 Å². The maximum Gasteiger partial charge on any atom is 0.146 e. The van der Waals surface area contributed by atoms with Gasteiger partial charge < -0.3 is 0 Å². The molecule has 1 aromatic heterocycles. The normalized spacial score (nSPS) is 10.7. The topological polar surface area (TPSA) is 17.8 Å². The van der Waals surface area contributed by atoms with E-state index in [1.54, 1.807) is 11.8 Å². The van der Waals surface area contributed by atoms with Crippen molar-refractivity contribution in [3.63, 3.8) is 0 Å². The molecule has 0 aliphatic heterocycles. The fourth-order valence-corrected chi connectivity index (χ4v) is 2.11. The molecule has 2 nitrogen and oxygen atoms in total. The number of hydrogen-bond donors (Lipinski definition) is 0. The van der Waals surface area contributed by atoms with E-state index in [-0.39, 0.29) is 0 Å². The van der Waals surface area contributed by atoms with Crippen LogP contribution in [0.5, 0.6) is 0 Å². The minimum Gasteiger partial charge on any atom is -0.282 e. The van der Waals surface area contributed by atoms with Gasteiger partial charge in [0.05, 0.1) is 11.0 Å². The number of aromatic nitrogens is 2. The summed E-state index contributed by atoms with van der Waals surface area (Å²) in [4.78, 5) is 4.44. The Kier molecular flexibility index (Phi) is 2.56. The first-order chi connectivity index (χ1) is 6.74. The number of benzene rings is 1. The molecule has 1 heterocycles. The van der Waals surface area contributed by atoms with Crippen molar-refractivity contribution in [1.29, 1.82) is 0 Å². The van der Waals surface area contributed by atoms with Gasteiger partial charge in [-0.05, 0) is 25.3 Å². The molecule has 0 aliphatic rings. The zero-order chi connectivity index (χ0) is 10.1. The van der Waals surface area contributed by atoms with Crippen LogP contribution in [0.25, 0.3) is 11.0 Å². The molecule has 0 bridgehead atoms. The molecule has 1 aromatic carbocycles. The highest BCUT2D eigenvalue weighted by molar-refractivity contribution is 8.22. The molecule has 0 saturated carbocycles. The molecular weight excluding hydrogens is 212 g/mol. The molecule has 0 radical (unpaired) electrons. The summed E-state index contributed by atoms with van der Waals surface area (Å²) in [5.41, 5.74) is 2.09. The quantitative estimate of drug-likeness (QED) is 0.638. The van der Waals surface area contributed by atoms with Crippen molar-refractivity contribution >= 4 is 39.3 Å². The predicted octanol–water partition coefficient (Wildman–Crippen LogP) is 2.84. The Morgan fingerprint density at radius 1 is 1.43 bits per heavy atom. The Bertz CT molecular complexity index is 488. The number of rotatable bonds is 0. The summed E-state index contributed by atoms with van der Waals surface area (Å²) in [6.45, 7) is 1.97. The van der Waals surface area contributed by atoms with E-state index in [4.69, 9.17) is 12.2 Å². The van der Waals surface area contributed by atoms with E-state index in [9.17, 15) is 0 Å². The SMILES string of the molecule is CSC(=S)n1c(C)nc2ccccc21. The Labute approximate surface area is 92.3 Å². The zero-order valence-electron chi connectivity index (χ0n) is 8.02. The first-order valence-electron chi connectivity index (χ1n) is 4.26. The highest BCUT2D eigenvalue weighted by Crippen LogP contribution is 2.18. The second-order valence-electron chi connectivity index (χ2n) is 2.95. The molecule has 14 heavy (non-hydrogen) atoms. The largest absolute Gasteiger partial charge is 0.282 e. The fourth-order valence-electron chi connectivity index (χ4n) is 1.47. The number of nitrogens with zero attached hydrogens (tertiary/aromatic N) is 2. The number of thiocarbonyl (C=S) groups is 1. The number of imidazole rings is 1. The van der Waals surface area contributed by atoms with E-state index in [0.29, 0.717) is 0 Å². The predicted molar refractivity (Wildman–Crippen MR) is 66.0 cm³/mol. The van der Waals surface area contributed by atoms with Crippen LogP contribution in [-0.2, 0) is 0 Å². The van der Waals surface area contributed by atoms with Crippen LogP contribution < -0.4 is 0 Å². The lowest BCUT2D eigenvalue weighted by molar-refractivity contribution is 1.08. The Balaban J connectivity index is 2.74. The summed E-state index contributed by atoms with van der Waals surface area (Å²) in [7, 11) is 0. The summed E-state index contributed by atoms with van der Waals surface area (Å²) in [5.74, 6) is 0.950. The summed E-state index contributed by atoms with van der Waals surface area (Å²) in [6.07, 6.45) is 1.98. The lowest BCUT2D eigenvalue weighted by Gasteiger charge is -2.04. The number of aryl methyl sites for hydroxylation is 1. The maximum absolute atomic E-state index is 5.28. The van der Waals surface area contributed by atoms with Crippen LogP contribution >= 0.6 is 24.0 Å². The molecule has 0 saturated heterocycles. The zero-order valence-corrected chi connectivity index (χ0v) is 9.65. The third kappa shape index (κ3) is 1.44. The van der Waals surface area contributed by atoms with Gasteiger partial charge in [0.2, 0.25) is 0 Å².